The Morgan fingerprint density at radius 1 is 1.10 bits per heavy atom. The van der Waals surface area contributed by atoms with Crippen LogP contribution in [-0.2, 0) is 9.53 Å². The molecule has 2 aliphatic heterocycles. The van der Waals surface area contributed by atoms with E-state index in [4.69, 9.17) is 18.9 Å². The molecule has 154 valence electrons. The first kappa shape index (κ1) is 19.5. The van der Waals surface area contributed by atoms with E-state index < -0.39 is 11.7 Å². The topological polar surface area (TPSA) is 66.0 Å². The zero-order valence-corrected chi connectivity index (χ0v) is 16.4. The quantitative estimate of drug-likeness (QED) is 0.747. The van der Waals surface area contributed by atoms with Crippen molar-refractivity contribution in [3.05, 3.63) is 53.3 Å². The summed E-state index contributed by atoms with van der Waals surface area (Å²) in [5.74, 6) is 0.183. The van der Waals surface area contributed by atoms with Crippen LogP contribution in [0.1, 0.15) is 36.9 Å². The van der Waals surface area contributed by atoms with Crippen LogP contribution < -0.4 is 19.5 Å². The number of esters is 1. The Morgan fingerprint density at radius 2 is 1.90 bits per heavy atom. The molecule has 2 aliphatic rings. The van der Waals surface area contributed by atoms with Crippen molar-refractivity contribution in [1.82, 2.24) is 5.32 Å². The number of carbonyl (C=O) groups is 1. The van der Waals surface area contributed by atoms with Gasteiger partial charge in [0.05, 0.1) is 19.1 Å². The molecule has 0 aliphatic carbocycles. The second kappa shape index (κ2) is 8.29. The zero-order valence-electron chi connectivity index (χ0n) is 16.4. The number of benzene rings is 2. The highest BCUT2D eigenvalue weighted by Gasteiger charge is 2.44. The van der Waals surface area contributed by atoms with Crippen molar-refractivity contribution in [2.45, 2.75) is 25.8 Å². The van der Waals surface area contributed by atoms with Gasteiger partial charge in [0.1, 0.15) is 0 Å². The van der Waals surface area contributed by atoms with Gasteiger partial charge in [-0.25, -0.2) is 4.39 Å². The minimum Gasteiger partial charge on any atom is -0.491 e. The van der Waals surface area contributed by atoms with Crippen molar-refractivity contribution in [3.63, 3.8) is 0 Å². The number of nitrogens with one attached hydrogen (secondary N) is 1. The number of fused-ring (bicyclic) bond motifs is 1. The summed E-state index contributed by atoms with van der Waals surface area (Å²) in [6, 6.07) is 10.1. The summed E-state index contributed by atoms with van der Waals surface area (Å²) in [6.45, 7) is 5.00. The largest absolute Gasteiger partial charge is 0.491 e. The lowest BCUT2D eigenvalue weighted by Gasteiger charge is -2.23. The molecule has 3 atom stereocenters. The van der Waals surface area contributed by atoms with E-state index in [-0.39, 0.29) is 37.1 Å². The lowest BCUT2D eigenvalue weighted by molar-refractivity contribution is -0.148. The number of rotatable bonds is 6. The standard InChI is InChI=1S/C22H24FNO5/c1-3-26-17-7-6-14(9-16(17)23)21-20(22(25)27-4-2)15(11-24-21)13-5-8-18-19(10-13)29-12-28-18/h5-10,15,20-21,24H,3-4,11-12H2,1-2H3. The fourth-order valence-corrected chi connectivity index (χ4v) is 4.06. The average molecular weight is 401 g/mol. The monoisotopic (exact) mass is 401 g/mol. The lowest BCUT2D eigenvalue weighted by atomic mass is 9.82. The molecule has 3 unspecified atom stereocenters. The van der Waals surface area contributed by atoms with Crippen molar-refractivity contribution in [2.75, 3.05) is 26.6 Å². The van der Waals surface area contributed by atoms with E-state index in [9.17, 15) is 9.18 Å². The van der Waals surface area contributed by atoms with Gasteiger partial charge in [0.2, 0.25) is 6.79 Å². The first-order valence-electron chi connectivity index (χ1n) is 9.84. The molecular weight excluding hydrogens is 377 g/mol. The van der Waals surface area contributed by atoms with Gasteiger partial charge in [0.25, 0.3) is 0 Å². The fourth-order valence-electron chi connectivity index (χ4n) is 4.06. The summed E-state index contributed by atoms with van der Waals surface area (Å²) in [6.07, 6.45) is 0. The molecule has 29 heavy (non-hydrogen) atoms. The number of halogens is 1. The predicted molar refractivity (Wildman–Crippen MR) is 104 cm³/mol. The molecule has 7 heteroatoms. The third kappa shape index (κ3) is 3.74. The molecule has 0 radical (unpaired) electrons. The van der Waals surface area contributed by atoms with Crippen LogP contribution in [0, 0.1) is 11.7 Å². The van der Waals surface area contributed by atoms with Gasteiger partial charge in [-0.1, -0.05) is 12.1 Å². The maximum Gasteiger partial charge on any atom is 0.311 e. The molecule has 0 bridgehead atoms. The summed E-state index contributed by atoms with van der Waals surface area (Å²) >= 11 is 0. The second-order valence-corrected chi connectivity index (χ2v) is 7.01. The van der Waals surface area contributed by atoms with Gasteiger partial charge >= 0.3 is 5.97 Å². The summed E-state index contributed by atoms with van der Waals surface area (Å²) in [7, 11) is 0. The Morgan fingerprint density at radius 3 is 2.66 bits per heavy atom. The Hall–Kier alpha value is -2.80. The van der Waals surface area contributed by atoms with Crippen molar-refractivity contribution in [2.24, 2.45) is 5.92 Å². The van der Waals surface area contributed by atoms with Crippen LogP contribution in [0.15, 0.2) is 36.4 Å². The molecule has 0 aromatic heterocycles. The van der Waals surface area contributed by atoms with Crippen LogP contribution >= 0.6 is 0 Å². The van der Waals surface area contributed by atoms with Gasteiger partial charge in [0.15, 0.2) is 23.1 Å². The van der Waals surface area contributed by atoms with Gasteiger partial charge in [-0.2, -0.15) is 0 Å². The minimum atomic E-state index is -0.493. The minimum absolute atomic E-state index is 0.136. The molecular formula is C22H24FNO5. The van der Waals surface area contributed by atoms with E-state index in [2.05, 4.69) is 5.32 Å². The first-order chi connectivity index (χ1) is 14.1. The summed E-state index contributed by atoms with van der Waals surface area (Å²) in [5, 5.41) is 3.38. The molecule has 1 N–H and O–H groups in total. The van der Waals surface area contributed by atoms with Gasteiger partial charge in [-0.3, -0.25) is 4.79 Å². The molecule has 6 nitrogen and oxygen atoms in total. The highest BCUT2D eigenvalue weighted by molar-refractivity contribution is 5.76. The Balaban J connectivity index is 1.66. The normalized spacial score (nSPS) is 22.5. The van der Waals surface area contributed by atoms with Crippen LogP contribution in [0.3, 0.4) is 0 Å². The van der Waals surface area contributed by atoms with Crippen molar-refractivity contribution >= 4 is 5.97 Å². The van der Waals surface area contributed by atoms with Gasteiger partial charge in [0, 0.05) is 18.5 Å². The highest BCUT2D eigenvalue weighted by atomic mass is 19.1. The smallest absolute Gasteiger partial charge is 0.311 e. The fraction of sp³-hybridized carbons (Fsp3) is 0.409. The first-order valence-corrected chi connectivity index (χ1v) is 9.84. The number of hydrogen-bond donors (Lipinski definition) is 1. The van der Waals surface area contributed by atoms with Crippen molar-refractivity contribution in [3.8, 4) is 17.2 Å². The molecule has 0 amide bonds. The zero-order chi connectivity index (χ0) is 20.4. The van der Waals surface area contributed by atoms with E-state index in [1.54, 1.807) is 26.0 Å². The Bertz CT molecular complexity index is 903. The van der Waals surface area contributed by atoms with Crippen LogP contribution in [0.4, 0.5) is 4.39 Å². The number of hydrogen-bond acceptors (Lipinski definition) is 6. The predicted octanol–water partition coefficient (Wildman–Crippen LogP) is 3.56. The van der Waals surface area contributed by atoms with Gasteiger partial charge < -0.3 is 24.3 Å². The third-order valence-electron chi connectivity index (χ3n) is 5.35. The molecule has 0 saturated carbocycles. The Labute approximate surface area is 168 Å². The molecule has 4 rings (SSSR count). The SMILES string of the molecule is CCOC(=O)C1C(c2ccc3c(c2)OCO3)CNC1c1ccc(OCC)c(F)c1. The summed E-state index contributed by atoms with van der Waals surface area (Å²) in [4.78, 5) is 12.9. The molecule has 1 saturated heterocycles. The molecule has 2 aromatic rings. The van der Waals surface area contributed by atoms with E-state index >= 15 is 0 Å². The third-order valence-corrected chi connectivity index (χ3v) is 5.35. The summed E-state index contributed by atoms with van der Waals surface area (Å²) < 4.78 is 35.9. The van der Waals surface area contributed by atoms with Crippen LogP contribution in [0.5, 0.6) is 17.2 Å². The lowest BCUT2D eigenvalue weighted by Crippen LogP contribution is -2.27. The molecule has 2 aromatic carbocycles. The van der Waals surface area contributed by atoms with Crippen LogP contribution in [-0.4, -0.2) is 32.5 Å². The molecule has 2 heterocycles. The van der Waals surface area contributed by atoms with Crippen molar-refractivity contribution in [1.29, 1.82) is 0 Å². The van der Waals surface area contributed by atoms with E-state index in [0.717, 1.165) is 5.56 Å². The second-order valence-electron chi connectivity index (χ2n) is 7.01. The van der Waals surface area contributed by atoms with E-state index in [1.165, 1.54) is 6.07 Å². The van der Waals surface area contributed by atoms with Gasteiger partial charge in [-0.05, 0) is 49.2 Å². The maximum absolute atomic E-state index is 14.4. The number of ether oxygens (including phenoxy) is 4. The average Bonchev–Trinajstić information content (AvgIpc) is 3.36. The van der Waals surface area contributed by atoms with E-state index in [0.29, 0.717) is 30.2 Å². The highest BCUT2D eigenvalue weighted by Crippen LogP contribution is 2.44. The molecule has 0 spiro atoms. The van der Waals surface area contributed by atoms with Crippen LogP contribution in [0.2, 0.25) is 0 Å². The van der Waals surface area contributed by atoms with E-state index in [1.807, 2.05) is 18.2 Å². The van der Waals surface area contributed by atoms with Gasteiger partial charge in [-0.15, -0.1) is 0 Å². The molecule has 1 fully saturated rings. The Kier molecular flexibility index (Phi) is 5.58. The number of carbonyl (C=O) groups excluding carboxylic acids is 1. The summed E-state index contributed by atoms with van der Waals surface area (Å²) in [5.41, 5.74) is 1.64. The maximum atomic E-state index is 14.4. The van der Waals surface area contributed by atoms with Crippen molar-refractivity contribution < 1.29 is 28.1 Å². The van der Waals surface area contributed by atoms with Crippen LogP contribution in [0.25, 0.3) is 0 Å².